The number of hydrogen-bond donors (Lipinski definition) is 1. The molecule has 22 heavy (non-hydrogen) atoms. The van der Waals surface area contributed by atoms with E-state index in [4.69, 9.17) is 0 Å². The Morgan fingerprint density at radius 3 is 2.59 bits per heavy atom. The predicted octanol–water partition coefficient (Wildman–Crippen LogP) is 3.35. The number of carbonyl (C=O) groups is 2. The Morgan fingerprint density at radius 2 is 1.95 bits per heavy atom. The molecule has 0 aliphatic carbocycles. The van der Waals surface area contributed by atoms with Crippen molar-refractivity contribution in [2.45, 2.75) is 40.2 Å². The van der Waals surface area contributed by atoms with E-state index in [2.05, 4.69) is 10.3 Å². The Kier molecular flexibility index (Phi) is 5.44. The zero-order valence-electron chi connectivity index (χ0n) is 13.1. The summed E-state index contributed by atoms with van der Waals surface area (Å²) < 4.78 is 0. The van der Waals surface area contributed by atoms with Crippen molar-refractivity contribution < 1.29 is 9.59 Å². The first-order valence-electron chi connectivity index (χ1n) is 7.25. The molecule has 1 amide bonds. The highest BCUT2D eigenvalue weighted by Crippen LogP contribution is 2.22. The zero-order chi connectivity index (χ0) is 16.1. The van der Waals surface area contributed by atoms with Crippen LogP contribution in [-0.4, -0.2) is 16.7 Å². The van der Waals surface area contributed by atoms with Crippen LogP contribution in [-0.2, 0) is 11.3 Å². The number of nitrogens with one attached hydrogen (secondary N) is 1. The van der Waals surface area contributed by atoms with E-state index in [1.54, 1.807) is 11.3 Å². The Morgan fingerprint density at radius 1 is 1.18 bits per heavy atom. The average molecular weight is 316 g/mol. The first-order chi connectivity index (χ1) is 10.5. The van der Waals surface area contributed by atoms with Crippen molar-refractivity contribution in [2.24, 2.45) is 0 Å². The summed E-state index contributed by atoms with van der Waals surface area (Å²) in [6, 6.07) is 7.59. The fourth-order valence-corrected chi connectivity index (χ4v) is 3.19. The molecule has 0 unspecified atom stereocenters. The van der Waals surface area contributed by atoms with Crippen LogP contribution < -0.4 is 5.32 Å². The van der Waals surface area contributed by atoms with Gasteiger partial charge in [-0.05, 0) is 39.0 Å². The minimum atomic E-state index is -0.124. The topological polar surface area (TPSA) is 59.1 Å². The SMILES string of the molecule is Cc1cccc(CNC(=O)CCC(=O)c2cc(C)sc2C)n1. The van der Waals surface area contributed by atoms with Gasteiger partial charge in [0.25, 0.3) is 0 Å². The lowest BCUT2D eigenvalue weighted by Gasteiger charge is -2.05. The summed E-state index contributed by atoms with van der Waals surface area (Å²) in [6.07, 6.45) is 0.447. The Labute approximate surface area is 134 Å². The molecule has 0 fully saturated rings. The molecule has 0 aromatic carbocycles. The molecule has 2 heterocycles. The van der Waals surface area contributed by atoms with Crippen molar-refractivity contribution in [2.75, 3.05) is 0 Å². The van der Waals surface area contributed by atoms with Crippen LogP contribution in [0.15, 0.2) is 24.3 Å². The second-order valence-corrected chi connectivity index (χ2v) is 6.76. The molecule has 2 aromatic heterocycles. The largest absolute Gasteiger partial charge is 0.350 e. The Balaban J connectivity index is 1.80. The highest BCUT2D eigenvalue weighted by Gasteiger charge is 2.13. The van der Waals surface area contributed by atoms with Gasteiger partial charge in [0.15, 0.2) is 5.78 Å². The third-order valence-corrected chi connectivity index (χ3v) is 4.30. The maximum Gasteiger partial charge on any atom is 0.220 e. The van der Waals surface area contributed by atoms with Crippen LogP contribution >= 0.6 is 11.3 Å². The van der Waals surface area contributed by atoms with Gasteiger partial charge in [0, 0.05) is 33.9 Å². The summed E-state index contributed by atoms with van der Waals surface area (Å²) >= 11 is 1.61. The number of thiophene rings is 1. The van der Waals surface area contributed by atoms with Crippen LogP contribution in [0.25, 0.3) is 0 Å². The number of aromatic nitrogens is 1. The van der Waals surface area contributed by atoms with Gasteiger partial charge in [0.2, 0.25) is 5.91 Å². The predicted molar refractivity (Wildman–Crippen MR) is 88.2 cm³/mol. The van der Waals surface area contributed by atoms with E-state index in [9.17, 15) is 9.59 Å². The van der Waals surface area contributed by atoms with E-state index >= 15 is 0 Å². The fraction of sp³-hybridized carbons (Fsp3) is 0.353. The quantitative estimate of drug-likeness (QED) is 0.831. The van der Waals surface area contributed by atoms with Gasteiger partial charge in [0.1, 0.15) is 0 Å². The zero-order valence-corrected chi connectivity index (χ0v) is 13.9. The molecule has 4 nitrogen and oxygen atoms in total. The number of rotatable bonds is 6. The summed E-state index contributed by atoms with van der Waals surface area (Å²) in [4.78, 5) is 30.4. The van der Waals surface area contributed by atoms with Crippen molar-refractivity contribution in [3.63, 3.8) is 0 Å². The van der Waals surface area contributed by atoms with Gasteiger partial charge < -0.3 is 5.32 Å². The van der Waals surface area contributed by atoms with E-state index in [-0.39, 0.29) is 24.5 Å². The monoisotopic (exact) mass is 316 g/mol. The number of amides is 1. The number of nitrogens with zero attached hydrogens (tertiary/aromatic N) is 1. The van der Waals surface area contributed by atoms with Crippen LogP contribution in [0.3, 0.4) is 0 Å². The highest BCUT2D eigenvalue weighted by atomic mass is 32.1. The summed E-state index contributed by atoms with van der Waals surface area (Å²) in [5.41, 5.74) is 2.49. The lowest BCUT2D eigenvalue weighted by atomic mass is 10.1. The van der Waals surface area contributed by atoms with E-state index in [1.807, 2.05) is 45.0 Å². The summed E-state index contributed by atoms with van der Waals surface area (Å²) in [5.74, 6) is -0.0908. The normalized spacial score (nSPS) is 10.5. The van der Waals surface area contributed by atoms with Crippen molar-refractivity contribution in [1.29, 1.82) is 0 Å². The van der Waals surface area contributed by atoms with Crippen molar-refractivity contribution in [3.8, 4) is 0 Å². The number of Topliss-reactive ketones (excluding diaryl/α,β-unsaturated/α-hetero) is 1. The molecule has 0 aliphatic rings. The average Bonchev–Trinajstić information content (AvgIpc) is 2.81. The maximum atomic E-state index is 12.1. The van der Waals surface area contributed by atoms with Gasteiger partial charge in [0.05, 0.1) is 12.2 Å². The molecule has 0 saturated heterocycles. The fourth-order valence-electron chi connectivity index (χ4n) is 2.24. The van der Waals surface area contributed by atoms with Crippen LogP contribution in [0.4, 0.5) is 0 Å². The summed E-state index contributed by atoms with van der Waals surface area (Å²) in [6.45, 7) is 6.23. The molecule has 0 atom stereocenters. The first-order valence-corrected chi connectivity index (χ1v) is 8.07. The highest BCUT2D eigenvalue weighted by molar-refractivity contribution is 7.12. The van der Waals surface area contributed by atoms with Gasteiger partial charge in [-0.25, -0.2) is 0 Å². The molecule has 0 spiro atoms. The van der Waals surface area contributed by atoms with Crippen molar-refractivity contribution >= 4 is 23.0 Å². The van der Waals surface area contributed by atoms with E-state index in [0.29, 0.717) is 6.54 Å². The van der Waals surface area contributed by atoms with Gasteiger partial charge in [-0.1, -0.05) is 6.07 Å². The number of carbonyl (C=O) groups excluding carboxylic acids is 2. The molecule has 0 radical (unpaired) electrons. The maximum absolute atomic E-state index is 12.1. The lowest BCUT2D eigenvalue weighted by molar-refractivity contribution is -0.121. The standard InChI is InChI=1S/C17H20N2O2S/c1-11-5-4-6-14(19-11)10-18-17(21)8-7-16(20)15-9-12(2)22-13(15)3/h4-6,9H,7-8,10H2,1-3H3,(H,18,21). The third kappa shape index (κ3) is 4.49. The van der Waals surface area contributed by atoms with E-state index in [1.165, 1.54) is 0 Å². The van der Waals surface area contributed by atoms with Gasteiger partial charge in [-0.15, -0.1) is 11.3 Å². The lowest BCUT2D eigenvalue weighted by Crippen LogP contribution is -2.23. The smallest absolute Gasteiger partial charge is 0.220 e. The molecule has 0 bridgehead atoms. The van der Waals surface area contributed by atoms with E-state index in [0.717, 1.165) is 26.7 Å². The Bertz CT molecular complexity index is 692. The molecule has 116 valence electrons. The Hall–Kier alpha value is -2.01. The molecule has 2 rings (SSSR count). The molecular formula is C17H20N2O2S. The molecule has 0 aliphatic heterocycles. The number of ketones is 1. The van der Waals surface area contributed by atoms with Crippen molar-refractivity contribution in [3.05, 3.63) is 51.0 Å². The molecule has 1 N–H and O–H groups in total. The summed E-state index contributed by atoms with van der Waals surface area (Å²) in [5, 5.41) is 2.80. The summed E-state index contributed by atoms with van der Waals surface area (Å²) in [7, 11) is 0. The number of hydrogen-bond acceptors (Lipinski definition) is 4. The molecule has 5 heteroatoms. The van der Waals surface area contributed by atoms with Crippen LogP contribution in [0.1, 0.15) is 44.3 Å². The van der Waals surface area contributed by atoms with Crippen molar-refractivity contribution in [1.82, 2.24) is 10.3 Å². The first kappa shape index (κ1) is 16.4. The van der Waals surface area contributed by atoms with Gasteiger partial charge >= 0.3 is 0 Å². The number of pyridine rings is 1. The second-order valence-electron chi connectivity index (χ2n) is 5.30. The molecular weight excluding hydrogens is 296 g/mol. The molecule has 2 aromatic rings. The van der Waals surface area contributed by atoms with Crippen LogP contribution in [0, 0.1) is 20.8 Å². The van der Waals surface area contributed by atoms with E-state index < -0.39 is 0 Å². The van der Waals surface area contributed by atoms with Gasteiger partial charge in [-0.3, -0.25) is 14.6 Å². The van der Waals surface area contributed by atoms with Crippen LogP contribution in [0.2, 0.25) is 0 Å². The minimum Gasteiger partial charge on any atom is -0.350 e. The third-order valence-electron chi connectivity index (χ3n) is 3.33. The van der Waals surface area contributed by atoms with Crippen LogP contribution in [0.5, 0.6) is 0 Å². The second kappa shape index (κ2) is 7.31. The number of aryl methyl sites for hydroxylation is 3. The van der Waals surface area contributed by atoms with Gasteiger partial charge in [-0.2, -0.15) is 0 Å². The minimum absolute atomic E-state index is 0.0330. The molecule has 0 saturated carbocycles.